The molecule has 0 aliphatic carbocycles. The number of halogens is 8. The highest BCUT2D eigenvalue weighted by Crippen LogP contribution is 2.48. The number of benzene rings is 2. The van der Waals surface area contributed by atoms with Gasteiger partial charge in [-0.2, -0.15) is 13.2 Å². The predicted octanol–water partition coefficient (Wildman–Crippen LogP) is 5.90. The maximum atomic E-state index is 14.3. The van der Waals surface area contributed by atoms with Gasteiger partial charge in [-0.1, -0.05) is 30.7 Å². The Hall–Kier alpha value is -2.32. The van der Waals surface area contributed by atoms with E-state index in [9.17, 15) is 44.3 Å². The van der Waals surface area contributed by atoms with Gasteiger partial charge in [0, 0.05) is 21.8 Å². The number of rotatable bonds is 9. The van der Waals surface area contributed by atoms with Gasteiger partial charge >= 0.3 is 6.18 Å². The molecular weight excluding hydrogens is 618 g/mol. The van der Waals surface area contributed by atoms with E-state index in [1.165, 1.54) is 32.0 Å². The number of nitrogens with one attached hydrogen (secondary N) is 2. The standard InChI is InChI=1S/C22H20BrClF6N2O4S/c1-3-37(35,36)10-11(2)31-19(34)17-13(5-4-6-14(17)23)18(33)32-16-8-7-12(9-15(16)24)21(27,20(25)26)22(28,29)30/h4-9,11,20H,3,10H2,1-2H3,(H,31,34)(H,32,33)/t11-,21?/m0/s1. The van der Waals surface area contributed by atoms with Gasteiger partial charge in [0.05, 0.1) is 27.6 Å². The molecule has 0 aliphatic rings. The lowest BCUT2D eigenvalue weighted by Gasteiger charge is -2.27. The number of carbonyl (C=O) groups is 2. The summed E-state index contributed by atoms with van der Waals surface area (Å²) in [6.07, 6.45) is -10.4. The van der Waals surface area contributed by atoms with Gasteiger partial charge in [-0.25, -0.2) is 21.6 Å². The number of sulfone groups is 1. The first kappa shape index (κ1) is 30.9. The Bertz CT molecular complexity index is 1290. The van der Waals surface area contributed by atoms with Crippen LogP contribution >= 0.6 is 27.5 Å². The maximum Gasteiger partial charge on any atom is 0.432 e. The number of anilines is 1. The van der Waals surface area contributed by atoms with Gasteiger partial charge in [0.1, 0.15) is 0 Å². The zero-order chi connectivity index (χ0) is 28.3. The molecule has 37 heavy (non-hydrogen) atoms. The first-order valence-corrected chi connectivity index (χ1v) is 13.4. The molecule has 1 unspecified atom stereocenters. The fraction of sp³-hybridized carbons (Fsp3) is 0.364. The summed E-state index contributed by atoms with van der Waals surface area (Å²) in [5.41, 5.74) is -7.22. The van der Waals surface area contributed by atoms with Gasteiger partial charge in [0.25, 0.3) is 23.9 Å². The van der Waals surface area contributed by atoms with Crippen molar-refractivity contribution in [2.75, 3.05) is 16.8 Å². The molecule has 15 heteroatoms. The number of amides is 2. The topological polar surface area (TPSA) is 92.3 Å². The summed E-state index contributed by atoms with van der Waals surface area (Å²) in [4.78, 5) is 25.8. The van der Waals surface area contributed by atoms with Crippen molar-refractivity contribution in [3.63, 3.8) is 0 Å². The van der Waals surface area contributed by atoms with Crippen molar-refractivity contribution in [2.45, 2.75) is 38.2 Å². The van der Waals surface area contributed by atoms with Crippen molar-refractivity contribution in [2.24, 2.45) is 0 Å². The van der Waals surface area contributed by atoms with Crippen LogP contribution in [0, 0.1) is 0 Å². The monoisotopic (exact) mass is 636 g/mol. The first-order valence-electron chi connectivity index (χ1n) is 10.4. The molecule has 2 atom stereocenters. The maximum absolute atomic E-state index is 14.3. The van der Waals surface area contributed by atoms with E-state index >= 15 is 0 Å². The number of alkyl halides is 6. The molecule has 0 saturated heterocycles. The Morgan fingerprint density at radius 3 is 2.22 bits per heavy atom. The zero-order valence-electron chi connectivity index (χ0n) is 19.1. The minimum atomic E-state index is -5.94. The molecule has 0 saturated carbocycles. The van der Waals surface area contributed by atoms with E-state index in [1.54, 1.807) is 0 Å². The van der Waals surface area contributed by atoms with Crippen LogP contribution in [-0.4, -0.2) is 50.4 Å². The number of hydrogen-bond donors (Lipinski definition) is 2. The molecule has 0 heterocycles. The van der Waals surface area contributed by atoms with E-state index in [1.807, 2.05) is 0 Å². The van der Waals surface area contributed by atoms with E-state index in [0.717, 1.165) is 0 Å². The summed E-state index contributed by atoms with van der Waals surface area (Å²) < 4.78 is 103. The van der Waals surface area contributed by atoms with Crippen molar-refractivity contribution >= 4 is 54.9 Å². The molecule has 0 aromatic heterocycles. The molecule has 0 spiro atoms. The molecule has 0 bridgehead atoms. The van der Waals surface area contributed by atoms with Gasteiger partial charge in [-0.3, -0.25) is 9.59 Å². The molecule has 204 valence electrons. The van der Waals surface area contributed by atoms with Crippen LogP contribution in [0.25, 0.3) is 0 Å². The van der Waals surface area contributed by atoms with Crippen LogP contribution < -0.4 is 10.6 Å². The molecule has 0 aliphatic heterocycles. The highest BCUT2D eigenvalue weighted by atomic mass is 79.9. The molecule has 0 fully saturated rings. The lowest BCUT2D eigenvalue weighted by atomic mass is 9.95. The molecule has 2 aromatic rings. The Balaban J connectivity index is 2.36. The van der Waals surface area contributed by atoms with E-state index in [4.69, 9.17) is 11.6 Å². The second-order valence-corrected chi connectivity index (χ2v) is 11.6. The number of hydrogen-bond acceptors (Lipinski definition) is 4. The highest BCUT2D eigenvalue weighted by molar-refractivity contribution is 9.10. The van der Waals surface area contributed by atoms with Crippen LogP contribution in [0.4, 0.5) is 32.0 Å². The molecule has 2 aromatic carbocycles. The summed E-state index contributed by atoms with van der Waals surface area (Å²) in [6, 6.07) is 4.70. The fourth-order valence-corrected chi connectivity index (χ4v) is 5.08. The summed E-state index contributed by atoms with van der Waals surface area (Å²) in [6.45, 7) is 2.90. The summed E-state index contributed by atoms with van der Waals surface area (Å²) >= 11 is 9.00. The van der Waals surface area contributed by atoms with Crippen LogP contribution in [0.5, 0.6) is 0 Å². The van der Waals surface area contributed by atoms with Crippen LogP contribution in [-0.2, 0) is 15.5 Å². The second-order valence-electron chi connectivity index (χ2n) is 7.89. The minimum Gasteiger partial charge on any atom is -0.349 e. The molecule has 2 N–H and O–H groups in total. The normalized spacial score (nSPS) is 14.7. The van der Waals surface area contributed by atoms with E-state index in [2.05, 4.69) is 26.6 Å². The van der Waals surface area contributed by atoms with Crippen LogP contribution in [0.1, 0.15) is 40.1 Å². The minimum absolute atomic E-state index is 0.140. The van der Waals surface area contributed by atoms with Gasteiger partial charge < -0.3 is 10.6 Å². The van der Waals surface area contributed by atoms with Gasteiger partial charge in [-0.05, 0) is 47.1 Å². The van der Waals surface area contributed by atoms with Gasteiger partial charge in [-0.15, -0.1) is 0 Å². The third kappa shape index (κ3) is 6.96. The zero-order valence-corrected chi connectivity index (χ0v) is 22.3. The summed E-state index contributed by atoms with van der Waals surface area (Å²) in [5.74, 6) is -2.26. The van der Waals surface area contributed by atoms with Gasteiger partial charge in [0.15, 0.2) is 9.84 Å². The largest absolute Gasteiger partial charge is 0.432 e. The van der Waals surface area contributed by atoms with Crippen molar-refractivity contribution in [1.29, 1.82) is 0 Å². The molecular formula is C22H20BrClF6N2O4S. The quantitative estimate of drug-likeness (QED) is 0.335. The molecule has 6 nitrogen and oxygen atoms in total. The molecule has 2 rings (SSSR count). The predicted molar refractivity (Wildman–Crippen MR) is 130 cm³/mol. The SMILES string of the molecule is CCS(=O)(=O)C[C@H](C)NC(=O)c1c(Br)cccc1C(=O)Nc1ccc(C(F)(C(F)F)C(F)(F)F)cc1Cl. The Kier molecular flexibility index (Phi) is 9.69. The van der Waals surface area contributed by atoms with Crippen molar-refractivity contribution in [1.82, 2.24) is 5.32 Å². The fourth-order valence-electron chi connectivity index (χ4n) is 3.23. The Morgan fingerprint density at radius 1 is 1.08 bits per heavy atom. The van der Waals surface area contributed by atoms with Crippen LogP contribution in [0.15, 0.2) is 40.9 Å². The summed E-state index contributed by atoms with van der Waals surface area (Å²) in [7, 11) is -3.42. The van der Waals surface area contributed by atoms with Crippen LogP contribution in [0.3, 0.4) is 0 Å². The Morgan fingerprint density at radius 2 is 1.70 bits per heavy atom. The van der Waals surface area contributed by atoms with E-state index in [0.29, 0.717) is 18.2 Å². The highest BCUT2D eigenvalue weighted by Gasteiger charge is 2.64. The van der Waals surface area contributed by atoms with E-state index < -0.39 is 56.6 Å². The number of carbonyl (C=O) groups excluding carboxylic acids is 2. The molecule has 2 amide bonds. The lowest BCUT2D eigenvalue weighted by Crippen LogP contribution is -2.44. The van der Waals surface area contributed by atoms with Crippen molar-refractivity contribution in [3.05, 3.63) is 62.6 Å². The van der Waals surface area contributed by atoms with E-state index in [-0.39, 0.29) is 32.8 Å². The Labute approximate surface area is 221 Å². The second kappa shape index (κ2) is 11.6. The van der Waals surface area contributed by atoms with Gasteiger partial charge in [0.2, 0.25) is 0 Å². The summed E-state index contributed by atoms with van der Waals surface area (Å²) in [5, 5.41) is 4.04. The van der Waals surface area contributed by atoms with Crippen molar-refractivity contribution in [3.8, 4) is 0 Å². The van der Waals surface area contributed by atoms with Crippen LogP contribution in [0.2, 0.25) is 5.02 Å². The average Bonchev–Trinajstić information content (AvgIpc) is 2.78. The van der Waals surface area contributed by atoms with Crippen molar-refractivity contribution < 1.29 is 44.3 Å². The molecule has 0 radical (unpaired) electrons. The smallest absolute Gasteiger partial charge is 0.349 e. The third-order valence-corrected chi connectivity index (χ3v) is 8.02. The first-order chi connectivity index (χ1) is 16.9. The lowest BCUT2D eigenvalue weighted by molar-refractivity contribution is -0.274. The average molecular weight is 638 g/mol. The third-order valence-electron chi connectivity index (χ3n) is 5.16.